The van der Waals surface area contributed by atoms with Crippen molar-refractivity contribution in [1.29, 1.82) is 0 Å². The van der Waals surface area contributed by atoms with E-state index in [-0.39, 0.29) is 5.92 Å². The molecule has 4 nitrogen and oxygen atoms in total. The zero-order chi connectivity index (χ0) is 14.6. The van der Waals surface area contributed by atoms with Gasteiger partial charge in [-0.05, 0) is 57.2 Å². The maximum atomic E-state index is 11.4. The molecule has 0 saturated carbocycles. The van der Waals surface area contributed by atoms with Gasteiger partial charge in [0.2, 0.25) is 0 Å². The molecule has 1 unspecified atom stereocenters. The summed E-state index contributed by atoms with van der Waals surface area (Å²) in [6.45, 7) is 6.65. The lowest BCUT2D eigenvalue weighted by Crippen LogP contribution is -2.45. The highest BCUT2D eigenvalue weighted by Crippen LogP contribution is 2.34. The molecule has 1 saturated heterocycles. The van der Waals surface area contributed by atoms with Crippen molar-refractivity contribution in [3.05, 3.63) is 30.1 Å². The topological polar surface area (TPSA) is 53.4 Å². The van der Waals surface area contributed by atoms with Gasteiger partial charge < -0.3 is 10.0 Å². The second-order valence-corrected chi connectivity index (χ2v) is 6.28. The van der Waals surface area contributed by atoms with E-state index in [4.69, 9.17) is 0 Å². The average Bonchev–Trinajstić information content (AvgIpc) is 2.46. The number of aromatic nitrogens is 1. The smallest absolute Gasteiger partial charge is 0.309 e. The predicted molar refractivity (Wildman–Crippen MR) is 78.5 cm³/mol. The molecule has 1 fully saturated rings. The van der Waals surface area contributed by atoms with Crippen LogP contribution in [0.2, 0.25) is 0 Å². The Labute approximate surface area is 120 Å². The molecular formula is C16H24N2O2. The van der Waals surface area contributed by atoms with E-state index in [1.807, 2.05) is 26.1 Å². The second kappa shape index (κ2) is 6.35. The summed E-state index contributed by atoms with van der Waals surface area (Å²) in [5, 5.41) is 9.36. The van der Waals surface area contributed by atoms with Gasteiger partial charge >= 0.3 is 5.97 Å². The minimum Gasteiger partial charge on any atom is -0.481 e. The molecule has 0 spiro atoms. The van der Waals surface area contributed by atoms with Crippen molar-refractivity contribution >= 4 is 5.97 Å². The van der Waals surface area contributed by atoms with Crippen LogP contribution in [0.1, 0.15) is 32.3 Å². The lowest BCUT2D eigenvalue weighted by Gasteiger charge is -2.39. The largest absolute Gasteiger partial charge is 0.481 e. The van der Waals surface area contributed by atoms with Crippen molar-refractivity contribution in [1.82, 2.24) is 9.88 Å². The zero-order valence-electron chi connectivity index (χ0n) is 12.4. The summed E-state index contributed by atoms with van der Waals surface area (Å²) in [5.41, 5.74) is 0.611. The fourth-order valence-corrected chi connectivity index (χ4v) is 2.86. The SMILES string of the molecule is CC(C)(C(=O)O)C1CCCN(CCc2cccnc2)C1. The molecule has 0 aromatic carbocycles. The van der Waals surface area contributed by atoms with Crippen LogP contribution in [0.4, 0.5) is 0 Å². The summed E-state index contributed by atoms with van der Waals surface area (Å²) < 4.78 is 0. The molecule has 0 amide bonds. The van der Waals surface area contributed by atoms with Crippen molar-refractivity contribution in [3.8, 4) is 0 Å². The highest BCUT2D eigenvalue weighted by atomic mass is 16.4. The number of likely N-dealkylation sites (tertiary alicyclic amines) is 1. The third-order valence-electron chi connectivity index (χ3n) is 4.52. The summed E-state index contributed by atoms with van der Waals surface area (Å²) >= 11 is 0. The van der Waals surface area contributed by atoms with E-state index in [0.717, 1.165) is 38.9 Å². The Kier molecular flexibility index (Phi) is 4.76. The normalized spacial score (nSPS) is 20.8. The van der Waals surface area contributed by atoms with Crippen LogP contribution in [-0.4, -0.2) is 40.6 Å². The lowest BCUT2D eigenvalue weighted by atomic mass is 9.74. The van der Waals surface area contributed by atoms with E-state index < -0.39 is 11.4 Å². The maximum Gasteiger partial charge on any atom is 0.309 e. The first-order chi connectivity index (χ1) is 9.50. The highest BCUT2D eigenvalue weighted by Gasteiger charge is 2.38. The first-order valence-electron chi connectivity index (χ1n) is 7.35. The van der Waals surface area contributed by atoms with Crippen LogP contribution in [0.3, 0.4) is 0 Å². The number of pyridine rings is 1. The molecule has 110 valence electrons. The molecule has 0 aliphatic carbocycles. The predicted octanol–water partition coefficient (Wildman–Crippen LogP) is 2.45. The Bertz CT molecular complexity index is 445. The van der Waals surface area contributed by atoms with Gasteiger partial charge in [0.1, 0.15) is 0 Å². The van der Waals surface area contributed by atoms with Gasteiger partial charge in [-0.25, -0.2) is 0 Å². The molecule has 1 aliphatic heterocycles. The van der Waals surface area contributed by atoms with Gasteiger partial charge in [0.25, 0.3) is 0 Å². The number of rotatable bonds is 5. The van der Waals surface area contributed by atoms with Gasteiger partial charge in [0.05, 0.1) is 5.41 Å². The average molecular weight is 276 g/mol. The molecule has 2 rings (SSSR count). The van der Waals surface area contributed by atoms with E-state index in [2.05, 4.69) is 16.0 Å². The number of carboxylic acids is 1. The number of piperidine rings is 1. The summed E-state index contributed by atoms with van der Waals surface area (Å²) in [4.78, 5) is 17.9. The van der Waals surface area contributed by atoms with Crippen molar-refractivity contribution < 1.29 is 9.90 Å². The van der Waals surface area contributed by atoms with Gasteiger partial charge in [-0.2, -0.15) is 0 Å². The number of carboxylic acid groups (broad SMARTS) is 1. The Morgan fingerprint density at radius 1 is 1.55 bits per heavy atom. The number of aliphatic carboxylic acids is 1. The third kappa shape index (κ3) is 3.57. The Hall–Kier alpha value is -1.42. The summed E-state index contributed by atoms with van der Waals surface area (Å²) in [6.07, 6.45) is 6.78. The molecule has 1 aromatic rings. The molecule has 1 aromatic heterocycles. The summed E-state index contributed by atoms with van der Waals surface area (Å²) in [5.74, 6) is -0.445. The Morgan fingerprint density at radius 2 is 2.35 bits per heavy atom. The number of carbonyl (C=O) groups is 1. The van der Waals surface area contributed by atoms with Crippen molar-refractivity contribution in [3.63, 3.8) is 0 Å². The molecule has 0 radical (unpaired) electrons. The second-order valence-electron chi connectivity index (χ2n) is 6.28. The first kappa shape index (κ1) is 15.0. The molecule has 4 heteroatoms. The van der Waals surface area contributed by atoms with E-state index in [0.29, 0.717) is 0 Å². The molecule has 20 heavy (non-hydrogen) atoms. The summed E-state index contributed by atoms with van der Waals surface area (Å²) in [6, 6.07) is 4.05. The van der Waals surface area contributed by atoms with Crippen LogP contribution in [0.25, 0.3) is 0 Å². The fraction of sp³-hybridized carbons (Fsp3) is 0.625. The van der Waals surface area contributed by atoms with Crippen molar-refractivity contribution in [2.75, 3.05) is 19.6 Å². The maximum absolute atomic E-state index is 11.4. The fourth-order valence-electron chi connectivity index (χ4n) is 2.86. The monoisotopic (exact) mass is 276 g/mol. The first-order valence-corrected chi connectivity index (χ1v) is 7.35. The van der Waals surface area contributed by atoms with Gasteiger partial charge in [-0.1, -0.05) is 6.07 Å². The molecule has 1 atom stereocenters. The highest BCUT2D eigenvalue weighted by molar-refractivity contribution is 5.74. The lowest BCUT2D eigenvalue weighted by molar-refractivity contribution is -0.151. The number of nitrogens with zero attached hydrogens (tertiary/aromatic N) is 2. The van der Waals surface area contributed by atoms with E-state index in [1.54, 1.807) is 6.20 Å². The van der Waals surface area contributed by atoms with Crippen molar-refractivity contribution in [2.24, 2.45) is 11.3 Å². The van der Waals surface area contributed by atoms with Crippen LogP contribution in [0, 0.1) is 11.3 Å². The molecule has 1 aliphatic rings. The van der Waals surface area contributed by atoms with Crippen molar-refractivity contribution in [2.45, 2.75) is 33.1 Å². The van der Waals surface area contributed by atoms with Crippen LogP contribution in [-0.2, 0) is 11.2 Å². The molecule has 0 bridgehead atoms. The third-order valence-corrected chi connectivity index (χ3v) is 4.52. The van der Waals surface area contributed by atoms with E-state index >= 15 is 0 Å². The molecule has 2 heterocycles. The molecule has 1 N–H and O–H groups in total. The zero-order valence-corrected chi connectivity index (χ0v) is 12.4. The quantitative estimate of drug-likeness (QED) is 0.897. The van der Waals surface area contributed by atoms with E-state index in [9.17, 15) is 9.90 Å². The van der Waals surface area contributed by atoms with E-state index in [1.165, 1.54) is 5.56 Å². The molecular weight excluding hydrogens is 252 g/mol. The van der Waals surface area contributed by atoms with Crippen LogP contribution in [0.5, 0.6) is 0 Å². The van der Waals surface area contributed by atoms with Gasteiger partial charge in [0.15, 0.2) is 0 Å². The van der Waals surface area contributed by atoms with Crippen LogP contribution >= 0.6 is 0 Å². The van der Waals surface area contributed by atoms with Crippen LogP contribution < -0.4 is 0 Å². The standard InChI is InChI=1S/C16H24N2O2/c1-16(2,15(19)20)14-6-4-9-18(12-14)10-7-13-5-3-8-17-11-13/h3,5,8,11,14H,4,6-7,9-10,12H2,1-2H3,(H,19,20). The minimum absolute atomic E-state index is 0.239. The summed E-state index contributed by atoms with van der Waals surface area (Å²) in [7, 11) is 0. The van der Waals surface area contributed by atoms with Crippen LogP contribution in [0.15, 0.2) is 24.5 Å². The minimum atomic E-state index is -0.684. The Balaban J connectivity index is 1.89. The Morgan fingerprint density at radius 3 is 3.00 bits per heavy atom. The van der Waals surface area contributed by atoms with Gasteiger partial charge in [-0.3, -0.25) is 9.78 Å². The van der Waals surface area contributed by atoms with Gasteiger partial charge in [0, 0.05) is 25.5 Å². The van der Waals surface area contributed by atoms with Gasteiger partial charge in [-0.15, -0.1) is 0 Å². The number of hydrogen-bond acceptors (Lipinski definition) is 3. The number of hydrogen-bond donors (Lipinski definition) is 1.